The zero-order valence-electron chi connectivity index (χ0n) is 10.7. The highest BCUT2D eigenvalue weighted by Crippen LogP contribution is 2.23. The summed E-state index contributed by atoms with van der Waals surface area (Å²) >= 11 is 0. The fourth-order valence-electron chi connectivity index (χ4n) is 1.74. The standard InChI is InChI=1S/C14H16N2O2/c1-8-6-9(2)12(7-11(8)15)16-14(17)13-5-4-10(3)18-13/h4-7H,15H2,1-3H3,(H,16,17). The second kappa shape index (κ2) is 4.56. The molecular formula is C14H16N2O2. The van der Waals surface area contributed by atoms with E-state index < -0.39 is 0 Å². The number of benzene rings is 1. The summed E-state index contributed by atoms with van der Waals surface area (Å²) in [6.45, 7) is 5.66. The van der Waals surface area contributed by atoms with Gasteiger partial charge in [0.25, 0.3) is 5.91 Å². The minimum Gasteiger partial charge on any atom is -0.456 e. The van der Waals surface area contributed by atoms with Crippen molar-refractivity contribution >= 4 is 17.3 Å². The van der Waals surface area contributed by atoms with E-state index in [0.717, 1.165) is 11.1 Å². The maximum atomic E-state index is 11.9. The molecule has 1 heterocycles. The van der Waals surface area contributed by atoms with E-state index in [1.54, 1.807) is 25.1 Å². The molecule has 0 aliphatic carbocycles. The van der Waals surface area contributed by atoms with Gasteiger partial charge in [-0.15, -0.1) is 0 Å². The molecule has 0 saturated heterocycles. The van der Waals surface area contributed by atoms with Gasteiger partial charge in [-0.2, -0.15) is 0 Å². The molecule has 0 saturated carbocycles. The number of hydrogen-bond acceptors (Lipinski definition) is 3. The van der Waals surface area contributed by atoms with E-state index in [9.17, 15) is 4.79 Å². The highest BCUT2D eigenvalue weighted by Gasteiger charge is 2.12. The van der Waals surface area contributed by atoms with Crippen LogP contribution in [0.5, 0.6) is 0 Å². The van der Waals surface area contributed by atoms with E-state index in [1.807, 2.05) is 19.9 Å². The molecule has 0 radical (unpaired) electrons. The number of hydrogen-bond donors (Lipinski definition) is 2. The molecule has 0 unspecified atom stereocenters. The van der Waals surface area contributed by atoms with E-state index in [1.165, 1.54) is 0 Å². The van der Waals surface area contributed by atoms with Crippen molar-refractivity contribution in [1.82, 2.24) is 0 Å². The summed E-state index contributed by atoms with van der Waals surface area (Å²) in [5.74, 6) is 0.737. The van der Waals surface area contributed by atoms with Crippen molar-refractivity contribution in [2.75, 3.05) is 11.1 Å². The van der Waals surface area contributed by atoms with E-state index in [-0.39, 0.29) is 5.91 Å². The van der Waals surface area contributed by atoms with E-state index in [0.29, 0.717) is 22.9 Å². The number of carbonyl (C=O) groups excluding carboxylic acids is 1. The van der Waals surface area contributed by atoms with Gasteiger partial charge in [-0.05, 0) is 50.1 Å². The summed E-state index contributed by atoms with van der Waals surface area (Å²) in [6.07, 6.45) is 0. The molecule has 1 aromatic heterocycles. The van der Waals surface area contributed by atoms with Gasteiger partial charge >= 0.3 is 0 Å². The lowest BCUT2D eigenvalue weighted by Gasteiger charge is -2.10. The Bertz CT molecular complexity index is 600. The molecule has 1 amide bonds. The van der Waals surface area contributed by atoms with Gasteiger partial charge in [0.1, 0.15) is 5.76 Å². The number of nitrogens with one attached hydrogen (secondary N) is 1. The molecule has 3 N–H and O–H groups in total. The Morgan fingerprint density at radius 3 is 2.50 bits per heavy atom. The average molecular weight is 244 g/mol. The predicted octanol–water partition coefficient (Wildman–Crippen LogP) is 3.04. The van der Waals surface area contributed by atoms with Crippen LogP contribution >= 0.6 is 0 Å². The van der Waals surface area contributed by atoms with Crippen molar-refractivity contribution < 1.29 is 9.21 Å². The van der Waals surface area contributed by atoms with Gasteiger partial charge in [-0.25, -0.2) is 0 Å². The fourth-order valence-corrected chi connectivity index (χ4v) is 1.74. The van der Waals surface area contributed by atoms with Gasteiger partial charge in [0.2, 0.25) is 0 Å². The van der Waals surface area contributed by atoms with Crippen LogP contribution in [-0.4, -0.2) is 5.91 Å². The van der Waals surface area contributed by atoms with Gasteiger partial charge in [0, 0.05) is 11.4 Å². The first-order valence-corrected chi connectivity index (χ1v) is 5.72. The minimum atomic E-state index is -0.269. The Balaban J connectivity index is 2.24. The molecule has 0 spiro atoms. The number of aryl methyl sites for hydroxylation is 3. The Labute approximate surface area is 106 Å². The number of amides is 1. The second-order valence-electron chi connectivity index (χ2n) is 4.39. The number of nitrogen functional groups attached to an aromatic ring is 1. The molecule has 0 fully saturated rings. The molecule has 1 aromatic carbocycles. The van der Waals surface area contributed by atoms with Crippen LogP contribution in [0.15, 0.2) is 28.7 Å². The monoisotopic (exact) mass is 244 g/mol. The lowest BCUT2D eigenvalue weighted by Crippen LogP contribution is -2.12. The van der Waals surface area contributed by atoms with Gasteiger partial charge in [0.05, 0.1) is 0 Å². The Kier molecular flexibility index (Phi) is 3.10. The summed E-state index contributed by atoms with van der Waals surface area (Å²) in [5.41, 5.74) is 9.17. The first-order valence-electron chi connectivity index (χ1n) is 5.72. The van der Waals surface area contributed by atoms with Crippen molar-refractivity contribution in [3.8, 4) is 0 Å². The Hall–Kier alpha value is -2.23. The second-order valence-corrected chi connectivity index (χ2v) is 4.39. The van der Waals surface area contributed by atoms with Crippen LogP contribution in [0, 0.1) is 20.8 Å². The molecule has 2 rings (SSSR count). The summed E-state index contributed by atoms with van der Waals surface area (Å²) in [4.78, 5) is 11.9. The number of furan rings is 1. The highest BCUT2D eigenvalue weighted by molar-refractivity contribution is 6.03. The quantitative estimate of drug-likeness (QED) is 0.798. The maximum Gasteiger partial charge on any atom is 0.291 e. The first kappa shape index (κ1) is 12.2. The fraction of sp³-hybridized carbons (Fsp3) is 0.214. The van der Waals surface area contributed by atoms with Crippen LogP contribution < -0.4 is 11.1 Å². The molecule has 0 aliphatic heterocycles. The van der Waals surface area contributed by atoms with Gasteiger partial charge < -0.3 is 15.5 Å². The average Bonchev–Trinajstić information content (AvgIpc) is 2.73. The molecular weight excluding hydrogens is 228 g/mol. The number of rotatable bonds is 2. The van der Waals surface area contributed by atoms with E-state index >= 15 is 0 Å². The summed E-state index contributed by atoms with van der Waals surface area (Å²) in [5, 5.41) is 2.80. The van der Waals surface area contributed by atoms with Gasteiger partial charge in [-0.3, -0.25) is 4.79 Å². The van der Waals surface area contributed by atoms with Crippen LogP contribution in [-0.2, 0) is 0 Å². The largest absolute Gasteiger partial charge is 0.456 e. The summed E-state index contributed by atoms with van der Waals surface area (Å²) < 4.78 is 5.27. The topological polar surface area (TPSA) is 68.3 Å². The third-order valence-electron chi connectivity index (χ3n) is 2.83. The molecule has 94 valence electrons. The number of nitrogens with two attached hydrogens (primary N) is 1. The van der Waals surface area contributed by atoms with Crippen LogP contribution in [0.1, 0.15) is 27.4 Å². The van der Waals surface area contributed by atoms with Crippen molar-refractivity contribution in [2.45, 2.75) is 20.8 Å². The van der Waals surface area contributed by atoms with Crippen LogP contribution in [0.4, 0.5) is 11.4 Å². The Morgan fingerprint density at radius 1 is 1.17 bits per heavy atom. The highest BCUT2D eigenvalue weighted by atomic mass is 16.3. The van der Waals surface area contributed by atoms with Crippen LogP contribution in [0.25, 0.3) is 0 Å². The zero-order valence-corrected chi connectivity index (χ0v) is 10.7. The third kappa shape index (κ3) is 2.37. The van der Waals surface area contributed by atoms with Crippen molar-refractivity contribution in [1.29, 1.82) is 0 Å². The van der Waals surface area contributed by atoms with Gasteiger partial charge in [0.15, 0.2) is 5.76 Å². The molecule has 0 bridgehead atoms. The molecule has 0 aliphatic rings. The first-order chi connectivity index (χ1) is 8.47. The maximum absolute atomic E-state index is 11.9. The normalized spacial score (nSPS) is 10.4. The Morgan fingerprint density at radius 2 is 1.89 bits per heavy atom. The summed E-state index contributed by atoms with van der Waals surface area (Å²) in [6, 6.07) is 7.11. The lowest BCUT2D eigenvalue weighted by molar-refractivity contribution is 0.0995. The zero-order chi connectivity index (χ0) is 13.3. The van der Waals surface area contributed by atoms with Crippen molar-refractivity contribution in [2.24, 2.45) is 0 Å². The van der Waals surface area contributed by atoms with Crippen LogP contribution in [0.2, 0.25) is 0 Å². The molecule has 2 aromatic rings. The van der Waals surface area contributed by atoms with E-state index in [2.05, 4.69) is 5.32 Å². The van der Waals surface area contributed by atoms with Gasteiger partial charge in [-0.1, -0.05) is 6.07 Å². The molecule has 4 nitrogen and oxygen atoms in total. The molecule has 4 heteroatoms. The SMILES string of the molecule is Cc1ccc(C(=O)Nc2cc(N)c(C)cc2C)o1. The van der Waals surface area contributed by atoms with Crippen molar-refractivity contribution in [3.05, 3.63) is 46.9 Å². The number of carbonyl (C=O) groups is 1. The smallest absolute Gasteiger partial charge is 0.291 e. The predicted molar refractivity (Wildman–Crippen MR) is 71.7 cm³/mol. The lowest BCUT2D eigenvalue weighted by atomic mass is 10.1. The minimum absolute atomic E-state index is 0.269. The molecule has 18 heavy (non-hydrogen) atoms. The van der Waals surface area contributed by atoms with E-state index in [4.69, 9.17) is 10.2 Å². The van der Waals surface area contributed by atoms with Crippen LogP contribution in [0.3, 0.4) is 0 Å². The molecule has 0 atom stereocenters. The van der Waals surface area contributed by atoms with Crippen molar-refractivity contribution in [3.63, 3.8) is 0 Å². The number of anilines is 2. The third-order valence-corrected chi connectivity index (χ3v) is 2.83. The summed E-state index contributed by atoms with van der Waals surface area (Å²) in [7, 11) is 0.